The molecule has 1 spiro atoms. The van der Waals surface area contributed by atoms with Crippen LogP contribution >= 0.6 is 0 Å². The van der Waals surface area contributed by atoms with Gasteiger partial charge in [0.05, 0.1) is 19.8 Å². The van der Waals surface area contributed by atoms with Crippen LogP contribution in [0.1, 0.15) is 25.1 Å². The number of hydrogen-bond donors (Lipinski definition) is 1. The van der Waals surface area contributed by atoms with Gasteiger partial charge in [0.15, 0.2) is 17.3 Å². The van der Waals surface area contributed by atoms with Gasteiger partial charge in [-0.3, -0.25) is 4.79 Å². The SMILES string of the molecule is COCCNC(=O)CCc1nnc2ccc(N3CCC4(CC3)OCCO4)nn12. The molecule has 0 aromatic carbocycles. The molecule has 0 aliphatic carbocycles. The second-order valence-corrected chi connectivity index (χ2v) is 7.02. The maximum Gasteiger partial charge on any atom is 0.220 e. The first-order valence-electron chi connectivity index (χ1n) is 9.69. The topological polar surface area (TPSA) is 103 Å². The smallest absolute Gasteiger partial charge is 0.220 e. The highest BCUT2D eigenvalue weighted by atomic mass is 16.7. The van der Waals surface area contributed by atoms with E-state index in [0.717, 1.165) is 31.7 Å². The molecule has 0 unspecified atom stereocenters. The highest BCUT2D eigenvalue weighted by Crippen LogP contribution is 2.32. The second kappa shape index (κ2) is 8.38. The molecule has 0 atom stereocenters. The van der Waals surface area contributed by atoms with E-state index in [-0.39, 0.29) is 5.91 Å². The van der Waals surface area contributed by atoms with Gasteiger partial charge in [-0.15, -0.1) is 15.3 Å². The lowest BCUT2D eigenvalue weighted by atomic mass is 10.0. The van der Waals surface area contributed by atoms with E-state index in [1.807, 2.05) is 12.1 Å². The van der Waals surface area contributed by atoms with Crippen molar-refractivity contribution >= 4 is 17.4 Å². The number of fused-ring (bicyclic) bond motifs is 1. The molecule has 2 aromatic rings. The molecule has 2 fully saturated rings. The molecule has 2 aliphatic heterocycles. The minimum atomic E-state index is -0.404. The van der Waals surface area contributed by atoms with Crippen LogP contribution in [0.15, 0.2) is 12.1 Å². The van der Waals surface area contributed by atoms with Gasteiger partial charge in [0, 0.05) is 52.4 Å². The third-order valence-corrected chi connectivity index (χ3v) is 5.18. The Morgan fingerprint density at radius 1 is 1.25 bits per heavy atom. The highest BCUT2D eigenvalue weighted by molar-refractivity contribution is 5.76. The van der Waals surface area contributed by atoms with E-state index in [2.05, 4.69) is 20.4 Å². The van der Waals surface area contributed by atoms with Crippen LogP contribution in [0.4, 0.5) is 5.82 Å². The lowest BCUT2D eigenvalue weighted by molar-refractivity contribution is -0.169. The lowest BCUT2D eigenvalue weighted by Gasteiger charge is -2.38. The summed E-state index contributed by atoms with van der Waals surface area (Å²) in [7, 11) is 1.60. The fourth-order valence-corrected chi connectivity index (χ4v) is 3.62. The van der Waals surface area contributed by atoms with Crippen molar-refractivity contribution in [2.24, 2.45) is 0 Å². The molecule has 0 bridgehead atoms. The number of carbonyl (C=O) groups excluding carboxylic acids is 1. The number of amides is 1. The first-order chi connectivity index (χ1) is 13.7. The molecule has 28 heavy (non-hydrogen) atoms. The van der Waals surface area contributed by atoms with Gasteiger partial charge in [0.2, 0.25) is 5.91 Å². The third kappa shape index (κ3) is 4.08. The van der Waals surface area contributed by atoms with Crippen molar-refractivity contribution in [1.29, 1.82) is 0 Å². The number of carbonyl (C=O) groups is 1. The van der Waals surface area contributed by atoms with Crippen LogP contribution < -0.4 is 10.2 Å². The van der Waals surface area contributed by atoms with Crippen LogP contribution in [0.5, 0.6) is 0 Å². The Morgan fingerprint density at radius 3 is 2.79 bits per heavy atom. The number of aromatic nitrogens is 4. The number of hydrogen-bond acceptors (Lipinski definition) is 8. The Hall–Kier alpha value is -2.30. The summed E-state index contributed by atoms with van der Waals surface area (Å²) in [6.45, 7) is 3.98. The summed E-state index contributed by atoms with van der Waals surface area (Å²) in [4.78, 5) is 14.1. The number of methoxy groups -OCH3 is 1. The van der Waals surface area contributed by atoms with Crippen molar-refractivity contribution in [3.8, 4) is 0 Å². The van der Waals surface area contributed by atoms with Crippen LogP contribution in [0.3, 0.4) is 0 Å². The standard InChI is InChI=1S/C18H26N6O4/c1-26-11-8-19-17(25)5-4-15-21-20-14-2-3-16(22-24(14)15)23-9-6-18(7-10-23)27-12-13-28-18/h2-3H,4-13H2,1H3,(H,19,25). The van der Waals surface area contributed by atoms with E-state index in [0.29, 0.717) is 50.7 Å². The van der Waals surface area contributed by atoms with Crippen LogP contribution in [0.25, 0.3) is 5.65 Å². The number of nitrogens with zero attached hydrogens (tertiary/aromatic N) is 5. The van der Waals surface area contributed by atoms with Crippen molar-refractivity contribution in [1.82, 2.24) is 25.1 Å². The normalized spacial score (nSPS) is 18.8. The fraction of sp³-hybridized carbons (Fsp3) is 0.667. The Labute approximate surface area is 163 Å². The molecular formula is C18H26N6O4. The molecule has 1 amide bonds. The summed E-state index contributed by atoms with van der Waals surface area (Å²) < 4.78 is 18.2. The van der Waals surface area contributed by atoms with Crippen LogP contribution in [-0.4, -0.2) is 78.1 Å². The van der Waals surface area contributed by atoms with Crippen molar-refractivity contribution in [3.05, 3.63) is 18.0 Å². The van der Waals surface area contributed by atoms with Crippen LogP contribution in [0.2, 0.25) is 0 Å². The van der Waals surface area contributed by atoms with E-state index >= 15 is 0 Å². The van der Waals surface area contributed by atoms with E-state index in [1.54, 1.807) is 11.6 Å². The molecule has 10 heteroatoms. The molecule has 152 valence electrons. The van der Waals surface area contributed by atoms with Crippen LogP contribution in [-0.2, 0) is 25.4 Å². The number of ether oxygens (including phenoxy) is 3. The molecule has 2 aromatic heterocycles. The van der Waals surface area contributed by atoms with Gasteiger partial charge in [0.25, 0.3) is 0 Å². The number of rotatable bonds is 7. The molecule has 0 saturated carbocycles. The number of aryl methyl sites for hydroxylation is 1. The summed E-state index contributed by atoms with van der Waals surface area (Å²) in [6, 6.07) is 3.87. The predicted molar refractivity (Wildman–Crippen MR) is 100 cm³/mol. The Morgan fingerprint density at radius 2 is 2.04 bits per heavy atom. The fourth-order valence-electron chi connectivity index (χ4n) is 3.62. The van der Waals surface area contributed by atoms with Crippen LogP contribution in [0, 0.1) is 0 Å². The van der Waals surface area contributed by atoms with E-state index in [4.69, 9.17) is 19.3 Å². The van der Waals surface area contributed by atoms with Gasteiger partial charge in [-0.25, -0.2) is 0 Å². The summed E-state index contributed by atoms with van der Waals surface area (Å²) in [5, 5.41) is 15.9. The third-order valence-electron chi connectivity index (χ3n) is 5.18. The number of piperidine rings is 1. The number of anilines is 1. The molecule has 4 rings (SSSR count). The molecule has 2 aliphatic rings. The average Bonchev–Trinajstić information content (AvgIpc) is 3.34. The maximum absolute atomic E-state index is 11.9. The summed E-state index contributed by atoms with van der Waals surface area (Å²) in [6.07, 6.45) is 2.45. The number of nitrogens with one attached hydrogen (secondary N) is 1. The Kier molecular flexibility index (Phi) is 5.69. The van der Waals surface area contributed by atoms with Gasteiger partial charge in [-0.05, 0) is 12.1 Å². The maximum atomic E-state index is 11.9. The summed E-state index contributed by atoms with van der Waals surface area (Å²) in [5.74, 6) is 1.10. The van der Waals surface area contributed by atoms with Crippen molar-refractivity contribution in [3.63, 3.8) is 0 Å². The van der Waals surface area contributed by atoms with Gasteiger partial charge in [-0.2, -0.15) is 4.52 Å². The zero-order chi connectivity index (χ0) is 19.4. The predicted octanol–water partition coefficient (Wildman–Crippen LogP) is 0.163. The first kappa shape index (κ1) is 19.0. The Balaban J connectivity index is 1.39. The average molecular weight is 390 g/mol. The van der Waals surface area contributed by atoms with Gasteiger partial charge < -0.3 is 24.4 Å². The van der Waals surface area contributed by atoms with E-state index in [9.17, 15) is 4.79 Å². The van der Waals surface area contributed by atoms with Crippen molar-refractivity contribution < 1.29 is 19.0 Å². The van der Waals surface area contributed by atoms with Gasteiger partial charge in [-0.1, -0.05) is 0 Å². The largest absolute Gasteiger partial charge is 0.383 e. The van der Waals surface area contributed by atoms with Gasteiger partial charge in [0.1, 0.15) is 5.82 Å². The molecule has 10 nitrogen and oxygen atoms in total. The summed E-state index contributed by atoms with van der Waals surface area (Å²) in [5.41, 5.74) is 0.675. The van der Waals surface area contributed by atoms with Gasteiger partial charge >= 0.3 is 0 Å². The minimum Gasteiger partial charge on any atom is -0.383 e. The monoisotopic (exact) mass is 390 g/mol. The lowest BCUT2D eigenvalue weighted by Crippen LogP contribution is -2.45. The molecule has 4 heterocycles. The molecule has 1 N–H and O–H groups in total. The van der Waals surface area contributed by atoms with Crippen molar-refractivity contribution in [2.45, 2.75) is 31.5 Å². The molecule has 2 saturated heterocycles. The molecular weight excluding hydrogens is 364 g/mol. The first-order valence-corrected chi connectivity index (χ1v) is 9.69. The zero-order valence-corrected chi connectivity index (χ0v) is 16.1. The van der Waals surface area contributed by atoms with E-state index in [1.165, 1.54) is 0 Å². The quantitative estimate of drug-likeness (QED) is 0.667. The summed E-state index contributed by atoms with van der Waals surface area (Å²) >= 11 is 0. The minimum absolute atomic E-state index is 0.0390. The second-order valence-electron chi connectivity index (χ2n) is 7.02. The Bertz CT molecular complexity index is 810. The van der Waals surface area contributed by atoms with Crippen molar-refractivity contribution in [2.75, 3.05) is 51.5 Å². The zero-order valence-electron chi connectivity index (χ0n) is 16.1. The van der Waals surface area contributed by atoms with E-state index < -0.39 is 5.79 Å². The molecule has 0 radical (unpaired) electrons. The highest BCUT2D eigenvalue weighted by Gasteiger charge is 2.40.